The van der Waals surface area contributed by atoms with Crippen LogP contribution in [0.3, 0.4) is 0 Å². The fraction of sp³-hybridized carbons (Fsp3) is 0.211. The molecule has 5 nitrogen and oxygen atoms in total. The highest BCUT2D eigenvalue weighted by atomic mass is 16.5. The van der Waals surface area contributed by atoms with E-state index in [0.29, 0.717) is 11.5 Å². The summed E-state index contributed by atoms with van der Waals surface area (Å²) < 4.78 is 6.94. The van der Waals surface area contributed by atoms with Gasteiger partial charge in [0.05, 0.1) is 11.9 Å². The molecule has 0 amide bonds. The highest BCUT2D eigenvalue weighted by molar-refractivity contribution is 5.29. The molecule has 0 bridgehead atoms. The molecule has 0 aliphatic heterocycles. The van der Waals surface area contributed by atoms with Crippen molar-refractivity contribution in [3.63, 3.8) is 0 Å². The van der Waals surface area contributed by atoms with Gasteiger partial charge in [-0.15, -0.1) is 0 Å². The molecule has 5 heteroatoms. The van der Waals surface area contributed by atoms with E-state index in [1.807, 2.05) is 60.7 Å². The van der Waals surface area contributed by atoms with E-state index in [2.05, 4.69) is 4.98 Å². The van der Waals surface area contributed by atoms with Gasteiger partial charge in [-0.1, -0.05) is 60.7 Å². The van der Waals surface area contributed by atoms with Crippen molar-refractivity contribution in [2.45, 2.75) is 18.9 Å². The van der Waals surface area contributed by atoms with Gasteiger partial charge in [0.15, 0.2) is 0 Å². The number of aromatic nitrogens is 2. The molecule has 0 spiro atoms. The Bertz CT molecular complexity index is 709. The lowest BCUT2D eigenvalue weighted by molar-refractivity contribution is 0.105. The van der Waals surface area contributed by atoms with Crippen molar-refractivity contribution < 1.29 is 14.9 Å². The Kier molecular flexibility index (Phi) is 5.05. The number of aliphatic hydroxyl groups excluding tert-OH is 2. The van der Waals surface area contributed by atoms with Gasteiger partial charge in [0.2, 0.25) is 0 Å². The van der Waals surface area contributed by atoms with Crippen LogP contribution in [0.2, 0.25) is 0 Å². The van der Waals surface area contributed by atoms with E-state index in [1.54, 1.807) is 17.9 Å². The predicted octanol–water partition coefficient (Wildman–Crippen LogP) is 2.65. The van der Waals surface area contributed by atoms with E-state index < -0.39 is 12.2 Å². The van der Waals surface area contributed by atoms with Gasteiger partial charge in [-0.3, -0.25) is 0 Å². The SMILES string of the molecule is COCn1c(C(O)c2ccccc2)cnc1C(O)c1ccccc1. The molecule has 2 aromatic carbocycles. The van der Waals surface area contributed by atoms with Gasteiger partial charge in [0.25, 0.3) is 0 Å². The summed E-state index contributed by atoms with van der Waals surface area (Å²) in [5, 5.41) is 21.3. The van der Waals surface area contributed by atoms with Gasteiger partial charge in [-0.05, 0) is 11.1 Å². The van der Waals surface area contributed by atoms with E-state index in [9.17, 15) is 10.2 Å². The first kappa shape index (κ1) is 16.4. The van der Waals surface area contributed by atoms with Gasteiger partial charge in [0.1, 0.15) is 24.8 Å². The van der Waals surface area contributed by atoms with Crippen LogP contribution in [0.4, 0.5) is 0 Å². The molecule has 0 radical (unpaired) electrons. The molecular weight excluding hydrogens is 304 g/mol. The van der Waals surface area contributed by atoms with E-state index >= 15 is 0 Å². The second kappa shape index (κ2) is 7.40. The van der Waals surface area contributed by atoms with Crippen LogP contribution in [-0.2, 0) is 11.5 Å². The van der Waals surface area contributed by atoms with Crippen molar-refractivity contribution >= 4 is 0 Å². The van der Waals surface area contributed by atoms with Crippen molar-refractivity contribution in [3.8, 4) is 0 Å². The first-order chi connectivity index (χ1) is 11.7. The van der Waals surface area contributed by atoms with Gasteiger partial charge < -0.3 is 19.5 Å². The number of aliphatic hydroxyl groups is 2. The van der Waals surface area contributed by atoms with Crippen LogP contribution in [0.25, 0.3) is 0 Å². The van der Waals surface area contributed by atoms with Crippen molar-refractivity contribution in [2.24, 2.45) is 0 Å². The Morgan fingerprint density at radius 1 is 0.917 bits per heavy atom. The monoisotopic (exact) mass is 324 g/mol. The van der Waals surface area contributed by atoms with Gasteiger partial charge >= 0.3 is 0 Å². The molecule has 3 rings (SSSR count). The fourth-order valence-electron chi connectivity index (χ4n) is 2.70. The highest BCUT2D eigenvalue weighted by Gasteiger charge is 2.23. The molecule has 0 fully saturated rings. The second-order valence-corrected chi connectivity index (χ2v) is 5.51. The van der Waals surface area contributed by atoms with Crippen molar-refractivity contribution in [3.05, 3.63) is 89.5 Å². The third-order valence-electron chi connectivity index (χ3n) is 3.93. The Labute approximate surface area is 140 Å². The molecule has 2 atom stereocenters. The molecule has 1 heterocycles. The lowest BCUT2D eigenvalue weighted by atomic mass is 10.1. The number of ether oxygens (including phenoxy) is 1. The van der Waals surface area contributed by atoms with Crippen LogP contribution in [0.1, 0.15) is 34.9 Å². The molecular formula is C19H20N2O3. The summed E-state index contributed by atoms with van der Waals surface area (Å²) in [5.41, 5.74) is 2.07. The van der Waals surface area contributed by atoms with Crippen molar-refractivity contribution in [1.29, 1.82) is 0 Å². The molecule has 2 unspecified atom stereocenters. The van der Waals surface area contributed by atoms with Crippen LogP contribution in [0.15, 0.2) is 66.9 Å². The van der Waals surface area contributed by atoms with Crippen LogP contribution in [0.5, 0.6) is 0 Å². The maximum absolute atomic E-state index is 10.7. The molecule has 1 aromatic heterocycles. The molecule has 0 aliphatic rings. The van der Waals surface area contributed by atoms with Gasteiger partial charge in [-0.2, -0.15) is 0 Å². The van der Waals surface area contributed by atoms with Crippen molar-refractivity contribution in [1.82, 2.24) is 9.55 Å². The number of nitrogens with zero attached hydrogens (tertiary/aromatic N) is 2. The average Bonchev–Trinajstić information content (AvgIpc) is 3.06. The molecule has 24 heavy (non-hydrogen) atoms. The smallest absolute Gasteiger partial charge is 0.144 e. The fourth-order valence-corrected chi connectivity index (χ4v) is 2.70. The van der Waals surface area contributed by atoms with E-state index in [0.717, 1.165) is 11.1 Å². The minimum Gasteiger partial charge on any atom is -0.382 e. The summed E-state index contributed by atoms with van der Waals surface area (Å²) >= 11 is 0. The summed E-state index contributed by atoms with van der Waals surface area (Å²) in [4.78, 5) is 4.33. The molecule has 0 aliphatic carbocycles. The number of benzene rings is 2. The minimum atomic E-state index is -0.891. The largest absolute Gasteiger partial charge is 0.382 e. The number of hydrogen-bond acceptors (Lipinski definition) is 4. The van der Waals surface area contributed by atoms with Crippen molar-refractivity contribution in [2.75, 3.05) is 7.11 Å². The number of imidazole rings is 1. The topological polar surface area (TPSA) is 67.5 Å². The van der Waals surface area contributed by atoms with Gasteiger partial charge in [0, 0.05) is 7.11 Å². The number of hydrogen-bond donors (Lipinski definition) is 2. The molecule has 124 valence electrons. The Hall–Kier alpha value is -2.47. The summed E-state index contributed by atoms with van der Waals surface area (Å²) in [6.07, 6.45) is -0.151. The maximum Gasteiger partial charge on any atom is 0.144 e. The standard InChI is InChI=1S/C19H20N2O3/c1-24-13-21-16(17(22)14-8-4-2-5-9-14)12-20-19(21)18(23)15-10-6-3-7-11-15/h2-12,17-18,22-23H,13H2,1H3. The summed E-state index contributed by atoms with van der Waals surface area (Å²) in [7, 11) is 1.57. The third kappa shape index (κ3) is 3.23. The first-order valence-electron chi connectivity index (χ1n) is 7.72. The molecule has 3 aromatic rings. The van der Waals surface area contributed by atoms with E-state index in [1.165, 1.54) is 0 Å². The lowest BCUT2D eigenvalue weighted by Crippen LogP contribution is -2.15. The minimum absolute atomic E-state index is 0.193. The molecule has 2 N–H and O–H groups in total. The van der Waals surface area contributed by atoms with Crippen LogP contribution in [0, 0.1) is 0 Å². The zero-order valence-corrected chi connectivity index (χ0v) is 13.4. The Morgan fingerprint density at radius 3 is 2.00 bits per heavy atom. The maximum atomic E-state index is 10.7. The van der Waals surface area contributed by atoms with Crippen LogP contribution < -0.4 is 0 Å². The quantitative estimate of drug-likeness (QED) is 0.731. The van der Waals surface area contributed by atoms with Crippen LogP contribution >= 0.6 is 0 Å². The van der Waals surface area contributed by atoms with Gasteiger partial charge in [-0.25, -0.2) is 4.98 Å². The highest BCUT2D eigenvalue weighted by Crippen LogP contribution is 2.27. The molecule has 0 saturated carbocycles. The molecule has 0 saturated heterocycles. The summed E-state index contributed by atoms with van der Waals surface area (Å²) in [5.74, 6) is 0.438. The zero-order valence-electron chi connectivity index (χ0n) is 13.4. The van der Waals surface area contributed by atoms with E-state index in [4.69, 9.17) is 4.74 Å². The Balaban J connectivity index is 1.99. The Morgan fingerprint density at radius 2 is 1.46 bits per heavy atom. The zero-order chi connectivity index (χ0) is 16.9. The second-order valence-electron chi connectivity index (χ2n) is 5.51. The average molecular weight is 324 g/mol. The third-order valence-corrected chi connectivity index (χ3v) is 3.93. The normalized spacial score (nSPS) is 13.6. The number of rotatable bonds is 6. The number of methoxy groups -OCH3 is 1. The predicted molar refractivity (Wildman–Crippen MR) is 90.2 cm³/mol. The summed E-state index contributed by atoms with van der Waals surface area (Å²) in [6.45, 7) is 0.193. The first-order valence-corrected chi connectivity index (χ1v) is 7.72. The van der Waals surface area contributed by atoms with Crippen LogP contribution in [-0.4, -0.2) is 26.9 Å². The van der Waals surface area contributed by atoms with E-state index in [-0.39, 0.29) is 6.73 Å². The lowest BCUT2D eigenvalue weighted by Gasteiger charge is -2.18. The summed E-state index contributed by atoms with van der Waals surface area (Å²) in [6, 6.07) is 18.6.